The molecule has 4 aliphatic rings. The molecule has 0 amide bonds. The molecule has 1 spiro atoms. The monoisotopic (exact) mass is 527 g/mol. The third kappa shape index (κ3) is 4.68. The van der Waals surface area contributed by atoms with Gasteiger partial charge in [-0.1, -0.05) is 0 Å². The third-order valence-electron chi connectivity index (χ3n) is 7.42. The molecule has 16 heteroatoms. The second kappa shape index (κ2) is 10.9. The maximum Gasteiger partial charge on any atom is 0.314 e. The summed E-state index contributed by atoms with van der Waals surface area (Å²) in [5.41, 5.74) is 11.8. The molecule has 3 aliphatic heterocycles. The van der Waals surface area contributed by atoms with Crippen molar-refractivity contribution in [3.63, 3.8) is 0 Å². The van der Waals surface area contributed by atoms with E-state index in [1.807, 2.05) is 0 Å². The average molecular weight is 528 g/mol. The lowest BCUT2D eigenvalue weighted by molar-refractivity contribution is -0.439. The van der Waals surface area contributed by atoms with Crippen molar-refractivity contribution in [2.24, 2.45) is 11.5 Å². The van der Waals surface area contributed by atoms with Crippen LogP contribution in [-0.4, -0.2) is 159 Å². The van der Waals surface area contributed by atoms with Crippen LogP contribution in [0.1, 0.15) is 6.42 Å². The van der Waals surface area contributed by atoms with Crippen LogP contribution in [0, 0.1) is 0 Å². The predicted molar refractivity (Wildman–Crippen MR) is 115 cm³/mol. The Kier molecular flexibility index (Phi) is 8.55. The number of hydrogen-bond acceptors (Lipinski definition) is 16. The summed E-state index contributed by atoms with van der Waals surface area (Å²) in [6.45, 7) is -1.33. The second-order valence-electron chi connectivity index (χ2n) is 9.72. The highest BCUT2D eigenvalue weighted by Crippen LogP contribution is 2.45. The van der Waals surface area contributed by atoms with Crippen molar-refractivity contribution in [1.82, 2.24) is 5.32 Å². The number of aliphatic hydroxyl groups is 8. The Hall–Kier alpha value is -0.640. The van der Waals surface area contributed by atoms with Gasteiger partial charge < -0.3 is 81.3 Å². The number of likely N-dealkylation sites (N-methyl/N-ethyl adjacent to an activating group) is 1. The summed E-state index contributed by atoms with van der Waals surface area (Å²) in [4.78, 5) is 0. The van der Waals surface area contributed by atoms with E-state index in [2.05, 4.69) is 5.32 Å². The minimum Gasteiger partial charge on any atom is -0.395 e. The molecule has 36 heavy (non-hydrogen) atoms. The molecule has 0 aromatic rings. The smallest absolute Gasteiger partial charge is 0.314 e. The maximum absolute atomic E-state index is 10.7. The van der Waals surface area contributed by atoms with E-state index in [4.69, 9.17) is 35.2 Å². The van der Waals surface area contributed by atoms with Gasteiger partial charge in [0.2, 0.25) is 0 Å². The Balaban J connectivity index is 1.62. The Morgan fingerprint density at radius 3 is 2.22 bits per heavy atom. The zero-order chi connectivity index (χ0) is 26.5. The van der Waals surface area contributed by atoms with E-state index in [0.717, 1.165) is 0 Å². The zero-order valence-electron chi connectivity index (χ0n) is 19.6. The van der Waals surface area contributed by atoms with Crippen LogP contribution in [0.15, 0.2) is 0 Å². The Bertz CT molecular complexity index is 756. The van der Waals surface area contributed by atoms with Gasteiger partial charge in [-0.3, -0.25) is 0 Å². The van der Waals surface area contributed by atoms with Crippen LogP contribution in [0.25, 0.3) is 0 Å². The van der Waals surface area contributed by atoms with E-state index >= 15 is 0 Å². The molecule has 1 aliphatic carbocycles. The van der Waals surface area contributed by atoms with E-state index in [1.54, 1.807) is 7.05 Å². The van der Waals surface area contributed by atoms with Crippen LogP contribution < -0.4 is 16.8 Å². The lowest BCUT2D eigenvalue weighted by Crippen LogP contribution is -2.69. The molecule has 0 radical (unpaired) electrons. The van der Waals surface area contributed by atoms with Gasteiger partial charge in [0.25, 0.3) is 0 Å². The van der Waals surface area contributed by atoms with E-state index in [-0.39, 0.29) is 6.42 Å². The summed E-state index contributed by atoms with van der Waals surface area (Å²) < 4.78 is 28.7. The molecule has 0 aromatic heterocycles. The number of ether oxygens (including phenoxy) is 5. The Morgan fingerprint density at radius 2 is 1.61 bits per heavy atom. The molecule has 3 saturated heterocycles. The van der Waals surface area contributed by atoms with Crippen LogP contribution in [0.5, 0.6) is 0 Å². The predicted octanol–water partition coefficient (Wildman–Crippen LogP) is -7.27. The largest absolute Gasteiger partial charge is 0.395 e. The van der Waals surface area contributed by atoms with Crippen molar-refractivity contribution >= 4 is 0 Å². The number of aliphatic hydroxyl groups excluding tert-OH is 8. The first-order valence-electron chi connectivity index (χ1n) is 11.8. The molecule has 0 bridgehead atoms. The van der Waals surface area contributed by atoms with Gasteiger partial charge in [-0.2, -0.15) is 0 Å². The maximum atomic E-state index is 10.7. The standard InChI is InChI=1S/C20H37N3O13/c1-23-7-2-5(21)9(26)15(10(7)27)33-19-17-16(11(28)8(4-25)32-19)35-20(36-17)18(31)13(30)12(29)14(34-20)6(22)3-24/h5-19,23-31H,2-4,21-22H2,1H3/t5-,6+,7+,8+,9+,10-,11-,12+,13-,14+,15-,16-,17-,18+,19-,20+/m0/s1. The molecule has 16 nitrogen and oxygen atoms in total. The average Bonchev–Trinajstić information content (AvgIpc) is 3.27. The van der Waals surface area contributed by atoms with Crippen molar-refractivity contribution in [1.29, 1.82) is 0 Å². The topological polar surface area (TPSA) is 272 Å². The minimum atomic E-state index is -2.48. The van der Waals surface area contributed by atoms with Crippen LogP contribution >= 0.6 is 0 Å². The molecule has 0 aromatic carbocycles. The molecule has 4 fully saturated rings. The Morgan fingerprint density at radius 1 is 0.944 bits per heavy atom. The highest BCUT2D eigenvalue weighted by molar-refractivity contribution is 5.05. The first kappa shape index (κ1) is 28.4. The van der Waals surface area contributed by atoms with E-state index in [1.165, 1.54) is 0 Å². The number of rotatable bonds is 6. The van der Waals surface area contributed by atoms with Gasteiger partial charge in [0.15, 0.2) is 12.4 Å². The summed E-state index contributed by atoms with van der Waals surface area (Å²) in [7, 11) is 1.60. The molecule has 1 saturated carbocycles. The fraction of sp³-hybridized carbons (Fsp3) is 1.00. The highest BCUT2D eigenvalue weighted by Gasteiger charge is 2.67. The van der Waals surface area contributed by atoms with Gasteiger partial charge in [-0.25, -0.2) is 0 Å². The SMILES string of the molecule is CN[C@@H]1C[C@H](N)[C@@H](O)[C@H](O[C@@H]2O[C@H](CO)[C@H](O)[C@@H]3O[C@]4(O[C@H]23)O[C@H]([C@H](N)CO)[C@H](O)[C@H](O)[C@H]4O)[C@H]1O. The minimum absolute atomic E-state index is 0.254. The normalized spacial score (nSPS) is 54.4. The lowest BCUT2D eigenvalue weighted by atomic mass is 9.84. The molecule has 0 unspecified atom stereocenters. The summed E-state index contributed by atoms with van der Waals surface area (Å²) in [6.07, 6.45) is -17.7. The van der Waals surface area contributed by atoms with Crippen LogP contribution in [0.4, 0.5) is 0 Å². The molecular formula is C20H37N3O13. The highest BCUT2D eigenvalue weighted by atomic mass is 16.9. The van der Waals surface area contributed by atoms with E-state index < -0.39 is 111 Å². The number of hydrogen-bond donors (Lipinski definition) is 11. The van der Waals surface area contributed by atoms with Crippen LogP contribution in [0.2, 0.25) is 0 Å². The number of nitrogens with one attached hydrogen (secondary N) is 1. The van der Waals surface area contributed by atoms with Crippen molar-refractivity contribution in [2.75, 3.05) is 20.3 Å². The number of fused-ring (bicyclic) bond motifs is 1. The van der Waals surface area contributed by atoms with Gasteiger partial charge >= 0.3 is 5.97 Å². The summed E-state index contributed by atoms with van der Waals surface area (Å²) in [5.74, 6) is -2.48. The van der Waals surface area contributed by atoms with Crippen molar-refractivity contribution < 1.29 is 64.5 Å². The molecular weight excluding hydrogens is 490 g/mol. The third-order valence-corrected chi connectivity index (χ3v) is 7.42. The fourth-order valence-corrected chi connectivity index (χ4v) is 5.23. The lowest BCUT2D eigenvalue weighted by Gasteiger charge is -2.46. The zero-order valence-corrected chi connectivity index (χ0v) is 19.6. The summed E-state index contributed by atoms with van der Waals surface area (Å²) in [5, 5.41) is 85.6. The molecule has 13 N–H and O–H groups in total. The van der Waals surface area contributed by atoms with Gasteiger partial charge in [0.1, 0.15) is 48.8 Å². The first-order chi connectivity index (χ1) is 17.0. The van der Waals surface area contributed by atoms with E-state index in [9.17, 15) is 40.9 Å². The van der Waals surface area contributed by atoms with Crippen LogP contribution in [-0.2, 0) is 23.7 Å². The van der Waals surface area contributed by atoms with Gasteiger partial charge in [0, 0.05) is 12.1 Å². The second-order valence-corrected chi connectivity index (χ2v) is 9.72. The van der Waals surface area contributed by atoms with Crippen molar-refractivity contribution in [3.05, 3.63) is 0 Å². The van der Waals surface area contributed by atoms with Gasteiger partial charge in [0.05, 0.1) is 31.5 Å². The molecule has 210 valence electrons. The first-order valence-corrected chi connectivity index (χ1v) is 11.8. The molecule has 3 heterocycles. The van der Waals surface area contributed by atoms with Crippen LogP contribution in [0.3, 0.4) is 0 Å². The molecule has 4 rings (SSSR count). The number of nitrogens with two attached hydrogens (primary N) is 2. The Labute approximate surface area is 206 Å². The van der Waals surface area contributed by atoms with Gasteiger partial charge in [-0.05, 0) is 13.5 Å². The quantitative estimate of drug-likeness (QED) is 0.153. The summed E-state index contributed by atoms with van der Waals surface area (Å²) in [6, 6.07) is -2.50. The van der Waals surface area contributed by atoms with E-state index in [0.29, 0.717) is 0 Å². The summed E-state index contributed by atoms with van der Waals surface area (Å²) >= 11 is 0. The van der Waals surface area contributed by atoms with Crippen molar-refractivity contribution in [3.8, 4) is 0 Å². The fourth-order valence-electron chi connectivity index (χ4n) is 5.23. The molecule has 16 atom stereocenters. The van der Waals surface area contributed by atoms with Gasteiger partial charge in [-0.15, -0.1) is 0 Å². The van der Waals surface area contributed by atoms with Crippen molar-refractivity contribution in [2.45, 2.75) is 104 Å².